The number of carboxylic acids is 1. The Labute approximate surface area is 179 Å². The first-order chi connectivity index (χ1) is 14.8. The fourth-order valence-electron chi connectivity index (χ4n) is 4.43. The van der Waals surface area contributed by atoms with E-state index in [0.29, 0.717) is 11.1 Å². The molecule has 1 aliphatic carbocycles. The van der Waals surface area contributed by atoms with Crippen LogP contribution in [0.2, 0.25) is 0 Å². The van der Waals surface area contributed by atoms with Crippen LogP contribution in [0.1, 0.15) is 55.6 Å². The standard InChI is InChI=1S/C24H27NO6/c1-12(2)22(23(27)28)25-21(26)9-8-14-13(3)16-10-17-15-6-4-5-7-18(15)30-20(17)11-19(16)31-24(14)29/h10-12,22H,4-9H2,1-3H3,(H,25,26)(H,27,28). The van der Waals surface area contributed by atoms with Gasteiger partial charge in [-0.25, -0.2) is 9.59 Å². The van der Waals surface area contributed by atoms with E-state index in [1.807, 2.05) is 13.0 Å². The molecule has 1 aromatic carbocycles. The number of hydrogen-bond donors (Lipinski definition) is 2. The van der Waals surface area contributed by atoms with Crippen LogP contribution in [0.25, 0.3) is 21.9 Å². The molecule has 1 aliphatic rings. The predicted octanol–water partition coefficient (Wildman–Crippen LogP) is 3.88. The van der Waals surface area contributed by atoms with Gasteiger partial charge < -0.3 is 19.3 Å². The van der Waals surface area contributed by atoms with Gasteiger partial charge in [-0.2, -0.15) is 0 Å². The first-order valence-electron chi connectivity index (χ1n) is 10.8. The molecule has 2 heterocycles. The van der Waals surface area contributed by atoms with Gasteiger partial charge in [-0.3, -0.25) is 4.79 Å². The molecule has 1 unspecified atom stereocenters. The van der Waals surface area contributed by atoms with E-state index in [9.17, 15) is 19.5 Å². The summed E-state index contributed by atoms with van der Waals surface area (Å²) in [6, 6.07) is 2.86. The maximum Gasteiger partial charge on any atom is 0.339 e. The number of aliphatic carboxylic acids is 1. The van der Waals surface area contributed by atoms with E-state index < -0.39 is 23.5 Å². The molecule has 0 aliphatic heterocycles. The number of carboxylic acid groups (broad SMARTS) is 1. The second-order valence-electron chi connectivity index (χ2n) is 8.68. The van der Waals surface area contributed by atoms with Crippen LogP contribution in [0.3, 0.4) is 0 Å². The Hall–Kier alpha value is -3.09. The van der Waals surface area contributed by atoms with Crippen molar-refractivity contribution < 1.29 is 23.5 Å². The zero-order valence-corrected chi connectivity index (χ0v) is 18.0. The van der Waals surface area contributed by atoms with Crippen LogP contribution in [-0.2, 0) is 28.9 Å². The molecular weight excluding hydrogens is 398 g/mol. The van der Waals surface area contributed by atoms with Crippen molar-refractivity contribution in [1.29, 1.82) is 0 Å². The molecule has 0 radical (unpaired) electrons. The summed E-state index contributed by atoms with van der Waals surface area (Å²) in [6.45, 7) is 5.33. The summed E-state index contributed by atoms with van der Waals surface area (Å²) in [4.78, 5) is 36.2. The first kappa shape index (κ1) is 21.2. The summed E-state index contributed by atoms with van der Waals surface area (Å²) in [6.07, 6.45) is 4.36. The lowest BCUT2D eigenvalue weighted by Gasteiger charge is -2.18. The second-order valence-corrected chi connectivity index (χ2v) is 8.68. The lowest BCUT2D eigenvalue weighted by Crippen LogP contribution is -2.44. The zero-order valence-electron chi connectivity index (χ0n) is 18.0. The number of carbonyl (C=O) groups excluding carboxylic acids is 1. The van der Waals surface area contributed by atoms with E-state index >= 15 is 0 Å². The van der Waals surface area contributed by atoms with Gasteiger partial charge in [0.1, 0.15) is 23.0 Å². The zero-order chi connectivity index (χ0) is 22.3. The summed E-state index contributed by atoms with van der Waals surface area (Å²) < 4.78 is 11.6. The summed E-state index contributed by atoms with van der Waals surface area (Å²) in [5, 5.41) is 13.7. The third-order valence-corrected chi connectivity index (χ3v) is 6.21. The number of fused-ring (bicyclic) bond motifs is 4. The van der Waals surface area contributed by atoms with E-state index in [1.165, 1.54) is 5.56 Å². The van der Waals surface area contributed by atoms with Crippen molar-refractivity contribution in [3.63, 3.8) is 0 Å². The molecule has 0 fully saturated rings. The number of furan rings is 1. The number of hydrogen-bond acceptors (Lipinski definition) is 5. The lowest BCUT2D eigenvalue weighted by molar-refractivity contribution is -0.143. The second kappa shape index (κ2) is 8.21. The molecule has 7 nitrogen and oxygen atoms in total. The highest BCUT2D eigenvalue weighted by atomic mass is 16.4. The van der Waals surface area contributed by atoms with Gasteiger partial charge in [-0.1, -0.05) is 13.8 Å². The van der Waals surface area contributed by atoms with E-state index in [1.54, 1.807) is 19.9 Å². The van der Waals surface area contributed by atoms with Crippen molar-refractivity contribution in [3.8, 4) is 0 Å². The minimum absolute atomic E-state index is 0.0109. The van der Waals surface area contributed by atoms with Crippen molar-refractivity contribution in [2.24, 2.45) is 5.92 Å². The fourth-order valence-corrected chi connectivity index (χ4v) is 4.43. The molecule has 0 bridgehead atoms. The molecule has 31 heavy (non-hydrogen) atoms. The van der Waals surface area contributed by atoms with Crippen LogP contribution in [0.15, 0.2) is 25.8 Å². The number of rotatable bonds is 6. The summed E-state index contributed by atoms with van der Waals surface area (Å²) in [7, 11) is 0. The predicted molar refractivity (Wildman–Crippen MR) is 116 cm³/mol. The van der Waals surface area contributed by atoms with Crippen LogP contribution in [-0.4, -0.2) is 23.0 Å². The summed E-state index contributed by atoms with van der Waals surface area (Å²) in [5.41, 5.74) is 3.19. The van der Waals surface area contributed by atoms with Crippen LogP contribution in [0, 0.1) is 12.8 Å². The highest BCUT2D eigenvalue weighted by Crippen LogP contribution is 2.35. The molecule has 1 atom stereocenters. The normalized spacial score (nSPS) is 14.7. The van der Waals surface area contributed by atoms with Gasteiger partial charge in [-0.05, 0) is 50.2 Å². The Morgan fingerprint density at radius 1 is 1.10 bits per heavy atom. The highest BCUT2D eigenvalue weighted by molar-refractivity contribution is 5.97. The molecule has 2 aromatic heterocycles. The third-order valence-electron chi connectivity index (χ3n) is 6.21. The molecule has 1 amide bonds. The van der Waals surface area contributed by atoms with Crippen molar-refractivity contribution >= 4 is 33.8 Å². The maximum absolute atomic E-state index is 12.6. The largest absolute Gasteiger partial charge is 0.480 e. The third kappa shape index (κ3) is 3.96. The Bertz CT molecular complexity index is 1230. The fraction of sp³-hybridized carbons (Fsp3) is 0.458. The molecular formula is C24H27NO6. The summed E-state index contributed by atoms with van der Waals surface area (Å²) in [5.74, 6) is -0.694. The molecule has 7 heteroatoms. The summed E-state index contributed by atoms with van der Waals surface area (Å²) >= 11 is 0. The van der Waals surface area contributed by atoms with Gasteiger partial charge in [-0.15, -0.1) is 0 Å². The highest BCUT2D eigenvalue weighted by Gasteiger charge is 2.24. The molecule has 0 saturated heterocycles. The quantitative estimate of drug-likeness (QED) is 0.580. The van der Waals surface area contributed by atoms with Crippen LogP contribution in [0.5, 0.6) is 0 Å². The van der Waals surface area contributed by atoms with Crippen molar-refractivity contribution in [3.05, 3.63) is 45.0 Å². The lowest BCUT2D eigenvalue weighted by atomic mass is 9.94. The SMILES string of the molecule is Cc1c(CCC(=O)NC(C(=O)O)C(C)C)c(=O)oc2cc3oc4c(c3cc12)CCCC4. The monoisotopic (exact) mass is 425 g/mol. The number of benzene rings is 1. The molecule has 0 spiro atoms. The van der Waals surface area contributed by atoms with Crippen LogP contribution in [0.4, 0.5) is 0 Å². The Balaban J connectivity index is 1.64. The van der Waals surface area contributed by atoms with Gasteiger partial charge in [0.05, 0.1) is 0 Å². The van der Waals surface area contributed by atoms with Gasteiger partial charge in [0, 0.05) is 40.8 Å². The van der Waals surface area contributed by atoms with Crippen LogP contribution < -0.4 is 10.9 Å². The number of carbonyl (C=O) groups is 2. The van der Waals surface area contributed by atoms with Gasteiger partial charge in [0.2, 0.25) is 5.91 Å². The van der Waals surface area contributed by atoms with Crippen molar-refractivity contribution in [2.75, 3.05) is 0 Å². The number of nitrogens with one attached hydrogen (secondary N) is 1. The van der Waals surface area contributed by atoms with Crippen molar-refractivity contribution in [1.82, 2.24) is 5.32 Å². The van der Waals surface area contributed by atoms with Crippen molar-refractivity contribution in [2.45, 2.75) is 65.3 Å². The van der Waals surface area contributed by atoms with E-state index in [0.717, 1.165) is 53.4 Å². The van der Waals surface area contributed by atoms with E-state index in [2.05, 4.69) is 5.32 Å². The number of amides is 1. The van der Waals surface area contributed by atoms with Gasteiger partial charge in [0.25, 0.3) is 0 Å². The van der Waals surface area contributed by atoms with E-state index in [-0.39, 0.29) is 18.8 Å². The van der Waals surface area contributed by atoms with Crippen LogP contribution >= 0.6 is 0 Å². The minimum Gasteiger partial charge on any atom is -0.480 e. The maximum atomic E-state index is 12.6. The minimum atomic E-state index is -1.07. The molecule has 0 saturated carbocycles. The smallest absolute Gasteiger partial charge is 0.339 e. The average Bonchev–Trinajstić information content (AvgIpc) is 3.07. The Kier molecular flexibility index (Phi) is 5.60. The van der Waals surface area contributed by atoms with Gasteiger partial charge >= 0.3 is 11.6 Å². The topological polar surface area (TPSA) is 110 Å². The average molecular weight is 425 g/mol. The molecule has 4 rings (SSSR count). The first-order valence-corrected chi connectivity index (χ1v) is 10.8. The molecule has 2 N–H and O–H groups in total. The Morgan fingerprint density at radius 3 is 2.52 bits per heavy atom. The number of aryl methyl sites for hydroxylation is 3. The van der Waals surface area contributed by atoms with E-state index in [4.69, 9.17) is 8.83 Å². The Morgan fingerprint density at radius 2 is 1.81 bits per heavy atom. The molecule has 164 valence electrons. The van der Waals surface area contributed by atoms with Gasteiger partial charge in [0.15, 0.2) is 0 Å². The molecule has 3 aromatic rings.